The molecular formula is C9H8O2. The number of aryl methyl sites for hydroxylation is 2. The van der Waals surface area contributed by atoms with Gasteiger partial charge in [-0.1, -0.05) is 0 Å². The van der Waals surface area contributed by atoms with E-state index in [0.717, 1.165) is 12.8 Å². The van der Waals surface area contributed by atoms with E-state index in [2.05, 4.69) is 0 Å². The highest BCUT2D eigenvalue weighted by molar-refractivity contribution is 5.80. The maximum Gasteiger partial charge on any atom is 0.153 e. The van der Waals surface area contributed by atoms with Crippen LogP contribution in [0.2, 0.25) is 0 Å². The Hall–Kier alpha value is -1.31. The molecule has 1 aromatic carbocycles. The van der Waals surface area contributed by atoms with E-state index >= 15 is 0 Å². The fourth-order valence-electron chi connectivity index (χ4n) is 1.35. The minimum Gasteiger partial charge on any atom is -0.507 e. The standard InChI is InChI=1S/C9H8O2/c10-5-8-3-6-1-2-7(6)4-9(8)11/h3-5,11H,1-2H2. The molecule has 0 amide bonds. The van der Waals surface area contributed by atoms with Gasteiger partial charge in [0, 0.05) is 0 Å². The second-order valence-electron chi connectivity index (χ2n) is 2.80. The Kier molecular flexibility index (Phi) is 1.22. The fraction of sp³-hybridized carbons (Fsp3) is 0.222. The molecule has 1 N–H and O–H groups in total. The topological polar surface area (TPSA) is 37.3 Å². The van der Waals surface area contributed by atoms with Crippen molar-refractivity contribution in [2.75, 3.05) is 0 Å². The van der Waals surface area contributed by atoms with Crippen molar-refractivity contribution in [2.45, 2.75) is 12.8 Å². The maximum atomic E-state index is 10.4. The Morgan fingerprint density at radius 3 is 2.45 bits per heavy atom. The first kappa shape index (κ1) is 6.40. The molecule has 2 rings (SSSR count). The van der Waals surface area contributed by atoms with Crippen LogP contribution in [0.1, 0.15) is 21.5 Å². The van der Waals surface area contributed by atoms with E-state index in [4.69, 9.17) is 0 Å². The van der Waals surface area contributed by atoms with Crippen molar-refractivity contribution >= 4 is 6.29 Å². The lowest BCUT2D eigenvalue weighted by molar-refractivity contribution is 0.112. The van der Waals surface area contributed by atoms with Crippen LogP contribution >= 0.6 is 0 Å². The lowest BCUT2D eigenvalue weighted by Gasteiger charge is -2.18. The minimum absolute atomic E-state index is 0.110. The van der Waals surface area contributed by atoms with Crippen LogP contribution < -0.4 is 0 Å². The summed E-state index contributed by atoms with van der Waals surface area (Å²) in [6, 6.07) is 3.45. The van der Waals surface area contributed by atoms with Crippen molar-refractivity contribution in [3.05, 3.63) is 28.8 Å². The SMILES string of the molecule is O=Cc1cc2c(cc1O)CC2. The molecule has 0 unspecified atom stereocenters. The van der Waals surface area contributed by atoms with Crippen LogP contribution in [-0.4, -0.2) is 11.4 Å². The van der Waals surface area contributed by atoms with Crippen molar-refractivity contribution in [3.8, 4) is 5.75 Å². The molecule has 0 bridgehead atoms. The van der Waals surface area contributed by atoms with Crippen molar-refractivity contribution in [2.24, 2.45) is 0 Å². The van der Waals surface area contributed by atoms with Gasteiger partial charge in [0.15, 0.2) is 6.29 Å². The summed E-state index contributed by atoms with van der Waals surface area (Å²) in [5.74, 6) is 0.110. The van der Waals surface area contributed by atoms with Gasteiger partial charge in [0.05, 0.1) is 5.56 Å². The fourth-order valence-corrected chi connectivity index (χ4v) is 1.35. The molecule has 0 heterocycles. The summed E-state index contributed by atoms with van der Waals surface area (Å²) in [5, 5.41) is 9.22. The molecule has 2 heteroatoms. The number of carbonyl (C=O) groups is 1. The molecule has 0 spiro atoms. The largest absolute Gasteiger partial charge is 0.507 e. The summed E-state index contributed by atoms with van der Waals surface area (Å²) >= 11 is 0. The minimum atomic E-state index is 0.110. The second-order valence-corrected chi connectivity index (χ2v) is 2.80. The molecule has 0 saturated heterocycles. The van der Waals surface area contributed by atoms with Crippen LogP contribution in [-0.2, 0) is 12.8 Å². The van der Waals surface area contributed by atoms with Gasteiger partial charge in [0.1, 0.15) is 5.75 Å². The Bertz CT molecular complexity index is 316. The molecule has 0 saturated carbocycles. The second kappa shape index (κ2) is 2.09. The molecule has 2 nitrogen and oxygen atoms in total. The predicted octanol–water partition coefficient (Wildman–Crippen LogP) is 1.30. The molecule has 0 aliphatic heterocycles. The molecule has 0 radical (unpaired) electrons. The Balaban J connectivity index is 2.58. The molecule has 1 aliphatic rings. The van der Waals surface area contributed by atoms with E-state index in [1.807, 2.05) is 0 Å². The van der Waals surface area contributed by atoms with E-state index in [1.165, 1.54) is 11.1 Å². The number of aldehydes is 1. The Morgan fingerprint density at radius 1 is 1.27 bits per heavy atom. The number of hydrogen-bond donors (Lipinski definition) is 1. The van der Waals surface area contributed by atoms with Crippen LogP contribution in [0.5, 0.6) is 5.75 Å². The quantitative estimate of drug-likeness (QED) is 0.609. The molecule has 0 aromatic heterocycles. The van der Waals surface area contributed by atoms with E-state index < -0.39 is 0 Å². The normalized spacial score (nSPS) is 13.5. The molecule has 1 aliphatic carbocycles. The zero-order chi connectivity index (χ0) is 7.84. The van der Waals surface area contributed by atoms with Gasteiger partial charge in [0.25, 0.3) is 0 Å². The zero-order valence-electron chi connectivity index (χ0n) is 6.00. The summed E-state index contributed by atoms with van der Waals surface area (Å²) in [7, 11) is 0. The maximum absolute atomic E-state index is 10.4. The van der Waals surface area contributed by atoms with E-state index in [-0.39, 0.29) is 5.75 Å². The number of fused-ring (bicyclic) bond motifs is 1. The Labute approximate surface area is 64.5 Å². The first-order valence-electron chi connectivity index (χ1n) is 3.61. The highest BCUT2D eigenvalue weighted by Gasteiger charge is 2.15. The highest BCUT2D eigenvalue weighted by atomic mass is 16.3. The predicted molar refractivity (Wildman–Crippen MR) is 40.9 cm³/mol. The molecular weight excluding hydrogens is 140 g/mol. The van der Waals surface area contributed by atoms with Crippen molar-refractivity contribution in [1.82, 2.24) is 0 Å². The monoisotopic (exact) mass is 148 g/mol. The van der Waals surface area contributed by atoms with Crippen LogP contribution in [0.15, 0.2) is 12.1 Å². The number of aromatic hydroxyl groups is 1. The molecule has 0 atom stereocenters. The van der Waals surface area contributed by atoms with Gasteiger partial charge < -0.3 is 5.11 Å². The van der Waals surface area contributed by atoms with Crippen LogP contribution in [0, 0.1) is 0 Å². The van der Waals surface area contributed by atoms with Gasteiger partial charge in [-0.3, -0.25) is 4.79 Å². The van der Waals surface area contributed by atoms with Crippen molar-refractivity contribution in [3.63, 3.8) is 0 Å². The summed E-state index contributed by atoms with van der Waals surface area (Å²) < 4.78 is 0. The summed E-state index contributed by atoms with van der Waals surface area (Å²) in [6.07, 6.45) is 2.76. The van der Waals surface area contributed by atoms with E-state index in [0.29, 0.717) is 11.8 Å². The molecule has 56 valence electrons. The van der Waals surface area contributed by atoms with Crippen LogP contribution in [0.3, 0.4) is 0 Å². The van der Waals surface area contributed by atoms with Crippen molar-refractivity contribution < 1.29 is 9.90 Å². The summed E-state index contributed by atoms with van der Waals surface area (Å²) in [5.41, 5.74) is 2.78. The summed E-state index contributed by atoms with van der Waals surface area (Å²) in [6.45, 7) is 0. The van der Waals surface area contributed by atoms with Crippen molar-refractivity contribution in [1.29, 1.82) is 0 Å². The molecule has 0 fully saturated rings. The Morgan fingerprint density at radius 2 is 1.91 bits per heavy atom. The number of benzene rings is 1. The van der Waals surface area contributed by atoms with Gasteiger partial charge in [-0.05, 0) is 36.1 Å². The van der Waals surface area contributed by atoms with Gasteiger partial charge in [-0.25, -0.2) is 0 Å². The lowest BCUT2D eigenvalue weighted by atomic mass is 9.87. The number of rotatable bonds is 1. The van der Waals surface area contributed by atoms with E-state index in [1.54, 1.807) is 12.1 Å². The molecule has 11 heavy (non-hydrogen) atoms. The average Bonchev–Trinajstić information content (AvgIpc) is 1.97. The number of hydrogen-bond acceptors (Lipinski definition) is 2. The van der Waals surface area contributed by atoms with Crippen LogP contribution in [0.4, 0.5) is 0 Å². The third kappa shape index (κ3) is 0.827. The van der Waals surface area contributed by atoms with Crippen LogP contribution in [0.25, 0.3) is 0 Å². The van der Waals surface area contributed by atoms with Gasteiger partial charge >= 0.3 is 0 Å². The third-order valence-corrected chi connectivity index (χ3v) is 2.14. The number of carbonyl (C=O) groups excluding carboxylic acids is 1. The van der Waals surface area contributed by atoms with Gasteiger partial charge in [0.2, 0.25) is 0 Å². The number of phenolic OH excluding ortho intramolecular Hbond substituents is 1. The molecule has 1 aromatic rings. The lowest BCUT2D eigenvalue weighted by Crippen LogP contribution is -2.08. The zero-order valence-corrected chi connectivity index (χ0v) is 6.00. The average molecular weight is 148 g/mol. The van der Waals surface area contributed by atoms with E-state index in [9.17, 15) is 9.90 Å². The first-order chi connectivity index (χ1) is 5.31. The highest BCUT2D eigenvalue weighted by Crippen LogP contribution is 2.28. The third-order valence-electron chi connectivity index (χ3n) is 2.14. The number of phenols is 1. The van der Waals surface area contributed by atoms with Gasteiger partial charge in [-0.15, -0.1) is 0 Å². The van der Waals surface area contributed by atoms with Gasteiger partial charge in [-0.2, -0.15) is 0 Å². The smallest absolute Gasteiger partial charge is 0.153 e. The first-order valence-corrected chi connectivity index (χ1v) is 3.61. The summed E-state index contributed by atoms with van der Waals surface area (Å²) in [4.78, 5) is 10.4.